The van der Waals surface area contributed by atoms with Crippen LogP contribution in [0.5, 0.6) is 0 Å². The summed E-state index contributed by atoms with van der Waals surface area (Å²) in [4.78, 5) is 17.4. The van der Waals surface area contributed by atoms with Gasteiger partial charge in [0, 0.05) is 45.6 Å². The molecule has 0 saturated heterocycles. The number of amides is 1. The van der Waals surface area contributed by atoms with Crippen molar-refractivity contribution in [3.8, 4) is 11.1 Å². The quantitative estimate of drug-likeness (QED) is 0.203. The van der Waals surface area contributed by atoms with Gasteiger partial charge in [0.05, 0.1) is 5.52 Å². The summed E-state index contributed by atoms with van der Waals surface area (Å²) < 4.78 is 0. The fraction of sp³-hybridized carbons (Fsp3) is 0. The van der Waals surface area contributed by atoms with Crippen molar-refractivity contribution in [1.82, 2.24) is 4.98 Å². The molecule has 0 bridgehead atoms. The van der Waals surface area contributed by atoms with Crippen LogP contribution in [0.15, 0.2) is 140 Å². The molecule has 39 heavy (non-hydrogen) atoms. The number of hydrogen-bond donors (Lipinski definition) is 3. The smallest absolute Gasteiger partial charge is 0.255 e. The van der Waals surface area contributed by atoms with E-state index in [1.165, 1.54) is 0 Å². The van der Waals surface area contributed by atoms with Gasteiger partial charge in [0.25, 0.3) is 5.91 Å². The van der Waals surface area contributed by atoms with Gasteiger partial charge in [-0.1, -0.05) is 54.6 Å². The van der Waals surface area contributed by atoms with Crippen molar-refractivity contribution in [2.45, 2.75) is 0 Å². The molecule has 188 valence electrons. The van der Waals surface area contributed by atoms with Crippen molar-refractivity contribution >= 4 is 45.2 Å². The third-order valence-electron chi connectivity index (χ3n) is 6.48. The van der Waals surface area contributed by atoms with Crippen LogP contribution >= 0.6 is 0 Å². The fourth-order valence-corrected chi connectivity index (χ4v) is 4.45. The minimum absolute atomic E-state index is 0.160. The molecule has 0 aliphatic heterocycles. The van der Waals surface area contributed by atoms with Crippen LogP contribution in [0.4, 0.5) is 28.4 Å². The number of nitrogens with zero attached hydrogens (tertiary/aromatic N) is 1. The topological polar surface area (TPSA) is 66.1 Å². The summed E-state index contributed by atoms with van der Waals surface area (Å²) in [7, 11) is 0. The van der Waals surface area contributed by atoms with Crippen LogP contribution in [0.1, 0.15) is 10.4 Å². The summed E-state index contributed by atoms with van der Waals surface area (Å²) in [5, 5.41) is 10.8. The van der Waals surface area contributed by atoms with Crippen LogP contribution < -0.4 is 16.0 Å². The van der Waals surface area contributed by atoms with Gasteiger partial charge in [-0.15, -0.1) is 0 Å². The van der Waals surface area contributed by atoms with Gasteiger partial charge in [-0.2, -0.15) is 0 Å². The zero-order valence-electron chi connectivity index (χ0n) is 21.1. The van der Waals surface area contributed by atoms with Crippen molar-refractivity contribution < 1.29 is 4.79 Å². The van der Waals surface area contributed by atoms with Gasteiger partial charge >= 0.3 is 0 Å². The highest BCUT2D eigenvalue weighted by atomic mass is 16.1. The molecular weight excluding hydrogens is 480 g/mol. The lowest BCUT2D eigenvalue weighted by atomic mass is 10.0. The van der Waals surface area contributed by atoms with E-state index in [1.807, 2.05) is 109 Å². The van der Waals surface area contributed by atoms with Crippen LogP contribution in [0.3, 0.4) is 0 Å². The molecule has 5 heteroatoms. The average Bonchev–Trinajstić information content (AvgIpc) is 2.99. The molecule has 1 aromatic heterocycles. The number of carbonyl (C=O) groups excluding carboxylic acids is 1. The minimum Gasteiger partial charge on any atom is -0.356 e. The molecule has 0 radical (unpaired) electrons. The van der Waals surface area contributed by atoms with Crippen LogP contribution in [0, 0.1) is 0 Å². The lowest BCUT2D eigenvalue weighted by Gasteiger charge is -2.12. The number of fused-ring (bicyclic) bond motifs is 1. The van der Waals surface area contributed by atoms with Crippen LogP contribution in [-0.2, 0) is 0 Å². The highest BCUT2D eigenvalue weighted by Crippen LogP contribution is 2.30. The predicted octanol–water partition coefficient (Wildman–Crippen LogP) is 8.64. The van der Waals surface area contributed by atoms with Gasteiger partial charge in [-0.05, 0) is 90.0 Å². The summed E-state index contributed by atoms with van der Waals surface area (Å²) in [6.07, 6.45) is 1.80. The van der Waals surface area contributed by atoms with E-state index in [-0.39, 0.29) is 5.91 Å². The maximum Gasteiger partial charge on any atom is 0.255 e. The number of hydrogen-bond acceptors (Lipinski definition) is 4. The van der Waals surface area contributed by atoms with E-state index in [0.29, 0.717) is 5.56 Å². The van der Waals surface area contributed by atoms with Crippen molar-refractivity contribution in [1.29, 1.82) is 0 Å². The van der Waals surface area contributed by atoms with E-state index < -0.39 is 0 Å². The molecule has 0 saturated carbocycles. The number of rotatable bonds is 7. The molecule has 0 atom stereocenters. The first-order valence-electron chi connectivity index (χ1n) is 12.8. The Morgan fingerprint density at radius 1 is 0.538 bits per heavy atom. The van der Waals surface area contributed by atoms with Crippen molar-refractivity contribution in [3.05, 3.63) is 145 Å². The molecule has 0 aliphatic carbocycles. The Hall–Kier alpha value is -5.42. The Morgan fingerprint density at radius 2 is 1.15 bits per heavy atom. The van der Waals surface area contributed by atoms with Gasteiger partial charge in [-0.25, -0.2) is 0 Å². The summed E-state index contributed by atoms with van der Waals surface area (Å²) in [5.74, 6) is -0.160. The molecule has 1 amide bonds. The van der Waals surface area contributed by atoms with Gasteiger partial charge in [0.15, 0.2) is 0 Å². The second-order valence-corrected chi connectivity index (χ2v) is 9.18. The predicted molar refractivity (Wildman–Crippen MR) is 161 cm³/mol. The molecule has 6 rings (SSSR count). The number of pyridine rings is 1. The Labute approximate surface area is 227 Å². The van der Waals surface area contributed by atoms with E-state index >= 15 is 0 Å². The standard InChI is InChI=1S/C34H26N4O/c39-34(38-30-18-16-28(17-19-30)36-27-9-5-2-6-10-27)25-11-14-29(15-12-25)37-33-21-22-35-32-20-13-26(23-31(32)33)24-7-3-1-4-8-24/h1-23,36H,(H,35,37)(H,38,39). The van der Waals surface area contributed by atoms with E-state index in [4.69, 9.17) is 0 Å². The first kappa shape index (κ1) is 23.9. The van der Waals surface area contributed by atoms with E-state index in [0.717, 1.165) is 50.5 Å². The zero-order chi connectivity index (χ0) is 26.4. The molecule has 5 aromatic carbocycles. The third-order valence-corrected chi connectivity index (χ3v) is 6.48. The lowest BCUT2D eigenvalue weighted by Crippen LogP contribution is -2.11. The van der Waals surface area contributed by atoms with Crippen molar-refractivity contribution in [2.24, 2.45) is 0 Å². The zero-order valence-corrected chi connectivity index (χ0v) is 21.1. The lowest BCUT2D eigenvalue weighted by molar-refractivity contribution is 0.102. The number of carbonyl (C=O) groups is 1. The highest BCUT2D eigenvalue weighted by Gasteiger charge is 2.09. The van der Waals surface area contributed by atoms with Gasteiger partial charge in [-0.3, -0.25) is 9.78 Å². The average molecular weight is 507 g/mol. The monoisotopic (exact) mass is 506 g/mol. The van der Waals surface area contributed by atoms with Crippen LogP contribution in [0.25, 0.3) is 22.0 Å². The summed E-state index contributed by atoms with van der Waals surface area (Å²) in [6.45, 7) is 0. The molecule has 0 spiro atoms. The van der Waals surface area contributed by atoms with Crippen LogP contribution in [-0.4, -0.2) is 10.9 Å². The maximum atomic E-state index is 12.9. The van der Waals surface area contributed by atoms with E-state index in [9.17, 15) is 4.79 Å². The molecular formula is C34H26N4O. The molecule has 3 N–H and O–H groups in total. The minimum atomic E-state index is -0.160. The second-order valence-electron chi connectivity index (χ2n) is 9.18. The number of anilines is 5. The molecule has 6 aromatic rings. The van der Waals surface area contributed by atoms with E-state index in [1.54, 1.807) is 6.20 Å². The summed E-state index contributed by atoms with van der Waals surface area (Å²) in [5.41, 5.74) is 8.34. The first-order chi connectivity index (χ1) is 19.2. The SMILES string of the molecule is O=C(Nc1ccc(Nc2ccccc2)cc1)c1ccc(Nc2ccnc3ccc(-c4ccccc4)cc23)cc1. The number of aromatic nitrogens is 1. The largest absolute Gasteiger partial charge is 0.356 e. The molecule has 0 unspecified atom stereocenters. The van der Waals surface area contributed by atoms with Gasteiger partial charge < -0.3 is 16.0 Å². The number of para-hydroxylation sites is 1. The fourth-order valence-electron chi connectivity index (χ4n) is 4.45. The Balaban J connectivity index is 1.14. The van der Waals surface area contributed by atoms with Crippen molar-refractivity contribution in [3.63, 3.8) is 0 Å². The Bertz CT molecular complexity index is 1720. The Kier molecular flexibility index (Phi) is 6.70. The normalized spacial score (nSPS) is 10.7. The second kappa shape index (κ2) is 10.9. The molecule has 0 fully saturated rings. The van der Waals surface area contributed by atoms with E-state index in [2.05, 4.69) is 45.2 Å². The molecule has 5 nitrogen and oxygen atoms in total. The summed E-state index contributed by atoms with van der Waals surface area (Å²) in [6, 6.07) is 43.6. The Morgan fingerprint density at radius 3 is 1.90 bits per heavy atom. The highest BCUT2D eigenvalue weighted by molar-refractivity contribution is 6.04. The molecule has 0 aliphatic rings. The van der Waals surface area contributed by atoms with Crippen LogP contribution in [0.2, 0.25) is 0 Å². The number of benzene rings is 5. The third kappa shape index (κ3) is 5.63. The summed E-state index contributed by atoms with van der Waals surface area (Å²) >= 11 is 0. The van der Waals surface area contributed by atoms with Crippen molar-refractivity contribution in [2.75, 3.05) is 16.0 Å². The number of nitrogens with one attached hydrogen (secondary N) is 3. The van der Waals surface area contributed by atoms with Gasteiger partial charge in [0.1, 0.15) is 0 Å². The maximum absolute atomic E-state index is 12.9. The first-order valence-corrected chi connectivity index (χ1v) is 12.8. The molecule has 1 heterocycles. The van der Waals surface area contributed by atoms with Gasteiger partial charge in [0.2, 0.25) is 0 Å².